The average molecular weight is 244 g/mol. The van der Waals surface area contributed by atoms with Gasteiger partial charge in [-0.05, 0) is 6.42 Å². The summed E-state index contributed by atoms with van der Waals surface area (Å²) in [7, 11) is 3.43. The van der Waals surface area contributed by atoms with Gasteiger partial charge in [0.15, 0.2) is 0 Å². The van der Waals surface area contributed by atoms with Crippen LogP contribution in [0.5, 0.6) is 0 Å². The molecule has 0 bridgehead atoms. The first-order valence-electron chi connectivity index (χ1n) is 6.60. The summed E-state index contributed by atoms with van der Waals surface area (Å²) in [6.45, 7) is 3.26. The molecule has 1 unspecified atom stereocenters. The number of nitrogens with zero attached hydrogens (tertiary/aromatic N) is 1. The Kier molecular flexibility index (Phi) is 10.2. The Labute approximate surface area is 105 Å². The van der Waals surface area contributed by atoms with Gasteiger partial charge >= 0.3 is 0 Å². The van der Waals surface area contributed by atoms with E-state index >= 15 is 0 Å². The standard InChI is InChI=1S/C13H28N2O2/c1-4-5-6-7-8-9-13(16)15(2)10-12(14)11-17-3/h12H,4-11,14H2,1-3H3. The fourth-order valence-corrected chi connectivity index (χ4v) is 1.79. The molecule has 0 spiro atoms. The summed E-state index contributed by atoms with van der Waals surface area (Å²) in [5.41, 5.74) is 5.80. The van der Waals surface area contributed by atoms with Crippen LogP contribution in [0.3, 0.4) is 0 Å². The fraction of sp³-hybridized carbons (Fsp3) is 0.923. The lowest BCUT2D eigenvalue weighted by molar-refractivity contribution is -0.130. The minimum atomic E-state index is -0.0889. The molecule has 0 aliphatic rings. The number of ether oxygens (including phenoxy) is 1. The van der Waals surface area contributed by atoms with E-state index in [0.717, 1.165) is 12.8 Å². The van der Waals surface area contributed by atoms with Crippen LogP contribution >= 0.6 is 0 Å². The molecule has 17 heavy (non-hydrogen) atoms. The minimum absolute atomic E-state index is 0.0889. The van der Waals surface area contributed by atoms with Crippen molar-refractivity contribution in [2.75, 3.05) is 27.3 Å². The molecule has 0 aromatic heterocycles. The van der Waals surface area contributed by atoms with Crippen LogP contribution in [-0.2, 0) is 9.53 Å². The molecule has 4 heteroatoms. The van der Waals surface area contributed by atoms with E-state index in [-0.39, 0.29) is 11.9 Å². The molecule has 0 aliphatic heterocycles. The molecular formula is C13H28N2O2. The van der Waals surface area contributed by atoms with Gasteiger partial charge in [0.05, 0.1) is 6.61 Å². The topological polar surface area (TPSA) is 55.6 Å². The van der Waals surface area contributed by atoms with Gasteiger partial charge in [0.2, 0.25) is 5.91 Å². The number of amides is 1. The largest absolute Gasteiger partial charge is 0.383 e. The van der Waals surface area contributed by atoms with Crippen LogP contribution in [0, 0.1) is 0 Å². The quantitative estimate of drug-likeness (QED) is 0.596. The minimum Gasteiger partial charge on any atom is -0.383 e. The second-order valence-corrected chi connectivity index (χ2v) is 4.65. The average Bonchev–Trinajstić information content (AvgIpc) is 2.28. The van der Waals surface area contributed by atoms with Gasteiger partial charge in [0.1, 0.15) is 0 Å². The monoisotopic (exact) mass is 244 g/mol. The second kappa shape index (κ2) is 10.5. The lowest BCUT2D eigenvalue weighted by Crippen LogP contribution is -2.41. The number of hydrogen-bond acceptors (Lipinski definition) is 3. The number of likely N-dealkylation sites (N-methyl/N-ethyl adjacent to an activating group) is 1. The van der Waals surface area contributed by atoms with E-state index in [9.17, 15) is 4.79 Å². The highest BCUT2D eigenvalue weighted by Gasteiger charge is 2.11. The molecule has 0 heterocycles. The molecule has 0 saturated carbocycles. The summed E-state index contributed by atoms with van der Waals surface area (Å²) in [6.07, 6.45) is 6.51. The van der Waals surface area contributed by atoms with Crippen molar-refractivity contribution in [1.82, 2.24) is 4.90 Å². The van der Waals surface area contributed by atoms with Gasteiger partial charge in [-0.15, -0.1) is 0 Å². The van der Waals surface area contributed by atoms with Gasteiger partial charge in [-0.3, -0.25) is 4.79 Å². The van der Waals surface area contributed by atoms with Crippen molar-refractivity contribution in [3.63, 3.8) is 0 Å². The van der Waals surface area contributed by atoms with Crippen molar-refractivity contribution < 1.29 is 9.53 Å². The third-order valence-electron chi connectivity index (χ3n) is 2.81. The van der Waals surface area contributed by atoms with E-state index in [1.54, 1.807) is 12.0 Å². The van der Waals surface area contributed by atoms with Crippen molar-refractivity contribution in [3.05, 3.63) is 0 Å². The number of carbonyl (C=O) groups excluding carboxylic acids is 1. The molecule has 0 aliphatic carbocycles. The van der Waals surface area contributed by atoms with E-state index in [1.165, 1.54) is 19.3 Å². The van der Waals surface area contributed by atoms with Crippen LogP contribution in [0.2, 0.25) is 0 Å². The third-order valence-corrected chi connectivity index (χ3v) is 2.81. The summed E-state index contributed by atoms with van der Waals surface area (Å²) in [4.78, 5) is 13.5. The van der Waals surface area contributed by atoms with E-state index in [4.69, 9.17) is 10.5 Å². The Morgan fingerprint density at radius 1 is 1.29 bits per heavy atom. The normalized spacial score (nSPS) is 12.5. The molecule has 102 valence electrons. The van der Waals surface area contributed by atoms with Crippen molar-refractivity contribution in [2.24, 2.45) is 5.73 Å². The summed E-state index contributed by atoms with van der Waals surface area (Å²) in [5.74, 6) is 0.188. The van der Waals surface area contributed by atoms with Crippen molar-refractivity contribution >= 4 is 5.91 Å². The summed E-state index contributed by atoms with van der Waals surface area (Å²) in [6, 6.07) is -0.0889. The Bertz CT molecular complexity index is 198. The molecule has 0 rings (SSSR count). The molecule has 1 atom stereocenters. The first-order chi connectivity index (χ1) is 8.11. The van der Waals surface area contributed by atoms with Crippen molar-refractivity contribution in [2.45, 2.75) is 51.5 Å². The van der Waals surface area contributed by atoms with E-state index < -0.39 is 0 Å². The number of hydrogen-bond donors (Lipinski definition) is 1. The molecule has 0 fully saturated rings. The number of nitrogens with two attached hydrogens (primary N) is 1. The van der Waals surface area contributed by atoms with Gasteiger partial charge in [0.25, 0.3) is 0 Å². The molecular weight excluding hydrogens is 216 g/mol. The number of rotatable bonds is 10. The maximum atomic E-state index is 11.7. The highest BCUT2D eigenvalue weighted by atomic mass is 16.5. The number of methoxy groups -OCH3 is 1. The maximum Gasteiger partial charge on any atom is 0.222 e. The van der Waals surface area contributed by atoms with E-state index in [2.05, 4.69) is 6.92 Å². The van der Waals surface area contributed by atoms with Crippen LogP contribution < -0.4 is 5.73 Å². The molecule has 0 aromatic rings. The van der Waals surface area contributed by atoms with Gasteiger partial charge in [-0.2, -0.15) is 0 Å². The maximum absolute atomic E-state index is 11.7. The molecule has 0 radical (unpaired) electrons. The van der Waals surface area contributed by atoms with Crippen LogP contribution in [0.15, 0.2) is 0 Å². The zero-order valence-corrected chi connectivity index (χ0v) is 11.6. The molecule has 0 saturated heterocycles. The third kappa shape index (κ3) is 9.12. The Balaban J connectivity index is 3.60. The highest BCUT2D eigenvalue weighted by Crippen LogP contribution is 2.06. The van der Waals surface area contributed by atoms with Crippen LogP contribution in [0.25, 0.3) is 0 Å². The predicted molar refractivity (Wildman–Crippen MR) is 70.9 cm³/mol. The lowest BCUT2D eigenvalue weighted by Gasteiger charge is -2.21. The van der Waals surface area contributed by atoms with Gasteiger partial charge in [-0.25, -0.2) is 0 Å². The van der Waals surface area contributed by atoms with Gasteiger partial charge in [0, 0.05) is 33.2 Å². The fourth-order valence-electron chi connectivity index (χ4n) is 1.79. The van der Waals surface area contributed by atoms with Gasteiger partial charge in [-0.1, -0.05) is 32.6 Å². The van der Waals surface area contributed by atoms with Crippen LogP contribution in [0.1, 0.15) is 45.4 Å². The van der Waals surface area contributed by atoms with E-state index in [1.807, 2.05) is 7.05 Å². The van der Waals surface area contributed by atoms with Gasteiger partial charge < -0.3 is 15.4 Å². The van der Waals surface area contributed by atoms with E-state index in [0.29, 0.717) is 19.6 Å². The number of carbonyl (C=O) groups is 1. The molecule has 1 amide bonds. The summed E-state index contributed by atoms with van der Waals surface area (Å²) < 4.78 is 4.95. The predicted octanol–water partition coefficient (Wildman–Crippen LogP) is 1.78. The first-order valence-corrected chi connectivity index (χ1v) is 6.60. The summed E-state index contributed by atoms with van der Waals surface area (Å²) >= 11 is 0. The second-order valence-electron chi connectivity index (χ2n) is 4.65. The first kappa shape index (κ1) is 16.4. The smallest absolute Gasteiger partial charge is 0.222 e. The summed E-state index contributed by atoms with van der Waals surface area (Å²) in [5, 5.41) is 0. The zero-order valence-electron chi connectivity index (χ0n) is 11.6. The highest BCUT2D eigenvalue weighted by molar-refractivity contribution is 5.75. The molecule has 0 aromatic carbocycles. The van der Waals surface area contributed by atoms with Crippen LogP contribution in [0.4, 0.5) is 0 Å². The molecule has 2 N–H and O–H groups in total. The molecule has 4 nitrogen and oxygen atoms in total. The number of unbranched alkanes of at least 4 members (excludes halogenated alkanes) is 4. The Morgan fingerprint density at radius 2 is 1.94 bits per heavy atom. The Hall–Kier alpha value is -0.610. The Morgan fingerprint density at radius 3 is 2.53 bits per heavy atom. The zero-order chi connectivity index (χ0) is 13.1. The SMILES string of the molecule is CCCCCCCC(=O)N(C)CC(N)COC. The van der Waals surface area contributed by atoms with Crippen molar-refractivity contribution in [1.29, 1.82) is 0 Å². The van der Waals surface area contributed by atoms with Crippen LogP contribution in [-0.4, -0.2) is 44.2 Å². The lowest BCUT2D eigenvalue weighted by atomic mass is 10.1. The van der Waals surface area contributed by atoms with Crippen molar-refractivity contribution in [3.8, 4) is 0 Å².